The summed E-state index contributed by atoms with van der Waals surface area (Å²) < 4.78 is 5.02. The summed E-state index contributed by atoms with van der Waals surface area (Å²) in [6.45, 7) is 1.24. The van der Waals surface area contributed by atoms with Crippen LogP contribution in [0.3, 0.4) is 0 Å². The Bertz CT molecular complexity index is 293. The molecule has 8 heteroatoms. The van der Waals surface area contributed by atoms with Gasteiger partial charge in [-0.15, -0.1) is 0 Å². The van der Waals surface area contributed by atoms with Crippen LogP contribution in [-0.4, -0.2) is 46.4 Å². The van der Waals surface area contributed by atoms with Gasteiger partial charge in [0, 0.05) is 6.54 Å². The Balaban J connectivity index is 2.31. The van der Waals surface area contributed by atoms with Crippen molar-refractivity contribution in [3.63, 3.8) is 0 Å². The van der Waals surface area contributed by atoms with Crippen molar-refractivity contribution in [3.8, 4) is 0 Å². The zero-order chi connectivity index (χ0) is 11.1. The highest BCUT2D eigenvalue weighted by atomic mass is 35.5. The molecule has 0 atom stereocenters. The Hall–Kier alpha value is -0.690. The second kappa shape index (κ2) is 6.73. The number of rotatable bonds is 6. The minimum absolute atomic E-state index is 0.00339. The molecule has 2 N–H and O–H groups in total. The predicted molar refractivity (Wildman–Crippen MR) is 56.2 cm³/mol. The van der Waals surface area contributed by atoms with Crippen molar-refractivity contribution in [2.75, 3.05) is 31.7 Å². The zero-order valence-electron chi connectivity index (χ0n) is 7.78. The third kappa shape index (κ3) is 5.08. The molecule has 0 spiro atoms. The average molecular weight is 253 g/mol. The van der Waals surface area contributed by atoms with Gasteiger partial charge >= 0.3 is 0 Å². The van der Waals surface area contributed by atoms with E-state index in [2.05, 4.69) is 20.3 Å². The molecule has 0 aromatic carbocycles. The predicted octanol–water partition coefficient (Wildman–Crippen LogP) is 0.599. The van der Waals surface area contributed by atoms with Crippen LogP contribution in [0.15, 0.2) is 0 Å². The lowest BCUT2D eigenvalue weighted by molar-refractivity contribution is 0.0991. The summed E-state index contributed by atoms with van der Waals surface area (Å²) in [6, 6.07) is 0. The highest BCUT2D eigenvalue weighted by molar-refractivity contribution is 6.31. The lowest BCUT2D eigenvalue weighted by Crippen LogP contribution is -2.13. The van der Waals surface area contributed by atoms with E-state index in [1.54, 1.807) is 0 Å². The van der Waals surface area contributed by atoms with Crippen molar-refractivity contribution in [2.24, 2.45) is 0 Å². The van der Waals surface area contributed by atoms with Gasteiger partial charge in [0.05, 0.1) is 19.8 Å². The molecular weight excluding hydrogens is 243 g/mol. The van der Waals surface area contributed by atoms with Gasteiger partial charge in [-0.3, -0.25) is 0 Å². The smallest absolute Gasteiger partial charge is 0.228 e. The molecule has 0 fully saturated rings. The number of aliphatic hydroxyl groups excluding tert-OH is 1. The van der Waals surface area contributed by atoms with Crippen LogP contribution in [0.4, 0.5) is 5.95 Å². The maximum atomic E-state index is 8.44. The number of aliphatic hydroxyl groups is 1. The fraction of sp³-hybridized carbons (Fsp3) is 0.571. The van der Waals surface area contributed by atoms with Crippen LogP contribution in [0, 0.1) is 0 Å². The molecule has 0 amide bonds. The van der Waals surface area contributed by atoms with Crippen molar-refractivity contribution in [1.82, 2.24) is 15.0 Å². The highest BCUT2D eigenvalue weighted by Crippen LogP contribution is 2.08. The maximum Gasteiger partial charge on any atom is 0.228 e. The van der Waals surface area contributed by atoms with Gasteiger partial charge in [0.1, 0.15) is 0 Å². The quantitative estimate of drug-likeness (QED) is 0.722. The van der Waals surface area contributed by atoms with Gasteiger partial charge in [0.15, 0.2) is 0 Å². The van der Waals surface area contributed by atoms with E-state index < -0.39 is 0 Å². The Morgan fingerprint density at radius 3 is 2.40 bits per heavy atom. The molecular formula is C7H10Cl2N4O2. The molecule has 6 nitrogen and oxygen atoms in total. The number of ether oxygens (including phenoxy) is 1. The number of hydrogen-bond donors (Lipinski definition) is 2. The fourth-order valence-corrected chi connectivity index (χ4v) is 1.17. The number of hydrogen-bond acceptors (Lipinski definition) is 6. The van der Waals surface area contributed by atoms with E-state index >= 15 is 0 Å². The van der Waals surface area contributed by atoms with Crippen molar-refractivity contribution < 1.29 is 9.84 Å². The van der Waals surface area contributed by atoms with Crippen molar-refractivity contribution >= 4 is 29.2 Å². The van der Waals surface area contributed by atoms with Crippen LogP contribution in [0.5, 0.6) is 0 Å². The van der Waals surface area contributed by atoms with Gasteiger partial charge in [-0.25, -0.2) is 0 Å². The molecule has 15 heavy (non-hydrogen) atoms. The molecule has 0 aliphatic carbocycles. The van der Waals surface area contributed by atoms with E-state index in [1.807, 2.05) is 0 Å². The first kappa shape index (κ1) is 12.4. The molecule has 1 aromatic heterocycles. The van der Waals surface area contributed by atoms with Crippen LogP contribution >= 0.6 is 23.2 Å². The Morgan fingerprint density at radius 2 is 1.80 bits per heavy atom. The molecule has 0 aliphatic rings. The summed E-state index contributed by atoms with van der Waals surface area (Å²) in [5, 5.41) is 11.4. The molecule has 0 aliphatic heterocycles. The van der Waals surface area contributed by atoms with E-state index in [1.165, 1.54) is 0 Å². The van der Waals surface area contributed by atoms with Crippen LogP contribution in [0.2, 0.25) is 10.6 Å². The summed E-state index contributed by atoms with van der Waals surface area (Å²) in [7, 11) is 0. The second-order valence-electron chi connectivity index (χ2n) is 2.46. The largest absolute Gasteiger partial charge is 0.394 e. The van der Waals surface area contributed by atoms with E-state index in [0.29, 0.717) is 25.7 Å². The number of halogens is 2. The zero-order valence-corrected chi connectivity index (χ0v) is 9.29. The summed E-state index contributed by atoms with van der Waals surface area (Å²) >= 11 is 11.1. The van der Waals surface area contributed by atoms with E-state index in [-0.39, 0.29) is 17.2 Å². The summed E-state index contributed by atoms with van der Waals surface area (Å²) in [5.74, 6) is 0.299. The number of anilines is 1. The minimum atomic E-state index is 0.00339. The lowest BCUT2D eigenvalue weighted by Gasteiger charge is -2.04. The maximum absolute atomic E-state index is 8.44. The first-order valence-electron chi connectivity index (χ1n) is 4.22. The van der Waals surface area contributed by atoms with Crippen LogP contribution in [0.25, 0.3) is 0 Å². The molecule has 1 rings (SSSR count). The van der Waals surface area contributed by atoms with E-state index in [0.717, 1.165) is 0 Å². The SMILES string of the molecule is OCCOCCNc1nc(Cl)nc(Cl)n1. The van der Waals surface area contributed by atoms with Gasteiger partial charge in [-0.2, -0.15) is 15.0 Å². The molecule has 84 valence electrons. The normalized spacial score (nSPS) is 10.3. The van der Waals surface area contributed by atoms with Crippen LogP contribution in [-0.2, 0) is 4.74 Å². The summed E-state index contributed by atoms with van der Waals surface area (Å²) in [4.78, 5) is 11.2. The average Bonchev–Trinajstić information content (AvgIpc) is 2.16. The van der Waals surface area contributed by atoms with Gasteiger partial charge < -0.3 is 15.2 Å². The lowest BCUT2D eigenvalue weighted by atomic mass is 10.6. The molecule has 0 saturated heterocycles. The Morgan fingerprint density at radius 1 is 1.13 bits per heavy atom. The van der Waals surface area contributed by atoms with Gasteiger partial charge in [0.25, 0.3) is 0 Å². The second-order valence-corrected chi connectivity index (χ2v) is 3.14. The van der Waals surface area contributed by atoms with Crippen molar-refractivity contribution in [1.29, 1.82) is 0 Å². The van der Waals surface area contributed by atoms with Gasteiger partial charge in [0.2, 0.25) is 16.5 Å². The van der Waals surface area contributed by atoms with Crippen LogP contribution < -0.4 is 5.32 Å². The van der Waals surface area contributed by atoms with Gasteiger partial charge in [-0.1, -0.05) is 0 Å². The number of nitrogens with one attached hydrogen (secondary N) is 1. The van der Waals surface area contributed by atoms with E-state index in [9.17, 15) is 0 Å². The molecule has 1 heterocycles. The monoisotopic (exact) mass is 252 g/mol. The van der Waals surface area contributed by atoms with Gasteiger partial charge in [-0.05, 0) is 23.2 Å². The molecule has 0 unspecified atom stereocenters. The van der Waals surface area contributed by atoms with Crippen molar-refractivity contribution in [2.45, 2.75) is 0 Å². The number of nitrogens with zero attached hydrogens (tertiary/aromatic N) is 3. The summed E-state index contributed by atoms with van der Waals surface area (Å²) in [6.07, 6.45) is 0. The molecule has 0 saturated carbocycles. The third-order valence-corrected chi connectivity index (χ3v) is 1.68. The first-order valence-corrected chi connectivity index (χ1v) is 4.97. The minimum Gasteiger partial charge on any atom is -0.394 e. The van der Waals surface area contributed by atoms with E-state index in [4.69, 9.17) is 33.0 Å². The number of aromatic nitrogens is 3. The standard InChI is InChI=1S/C7H10Cl2N4O2/c8-5-11-6(9)13-7(12-5)10-1-3-15-4-2-14/h14H,1-4H2,(H,10,11,12,13). The molecule has 0 bridgehead atoms. The Labute approximate surface area is 96.6 Å². The third-order valence-electron chi connectivity index (χ3n) is 1.35. The Kier molecular flexibility index (Phi) is 5.56. The van der Waals surface area contributed by atoms with Crippen molar-refractivity contribution in [3.05, 3.63) is 10.6 Å². The molecule has 0 radical (unpaired) electrons. The summed E-state index contributed by atoms with van der Waals surface area (Å²) in [5.41, 5.74) is 0. The fourth-order valence-electron chi connectivity index (χ4n) is 0.807. The van der Waals surface area contributed by atoms with Crippen LogP contribution in [0.1, 0.15) is 0 Å². The topological polar surface area (TPSA) is 80.2 Å². The molecule has 1 aromatic rings. The first-order chi connectivity index (χ1) is 7.22. The highest BCUT2D eigenvalue weighted by Gasteiger charge is 2.01.